The molecule has 0 spiro atoms. The maximum Gasteiger partial charge on any atom is 0.226 e. The van der Waals surface area contributed by atoms with E-state index in [4.69, 9.17) is 4.74 Å². The summed E-state index contributed by atoms with van der Waals surface area (Å²) in [6.45, 7) is 5.75. The molecule has 15 heavy (non-hydrogen) atoms. The van der Waals surface area contributed by atoms with Crippen LogP contribution in [-0.2, 0) is 9.53 Å². The molecule has 5 heteroatoms. The van der Waals surface area contributed by atoms with Crippen LogP contribution in [0, 0.1) is 5.92 Å². The number of nitrogens with one attached hydrogen (secondary N) is 1. The zero-order valence-electron chi connectivity index (χ0n) is 9.49. The van der Waals surface area contributed by atoms with Crippen LogP contribution in [0.15, 0.2) is 0 Å². The largest absolute Gasteiger partial charge is 0.380 e. The lowest BCUT2D eigenvalue weighted by Gasteiger charge is -2.23. The molecule has 1 aliphatic heterocycles. The Kier molecular flexibility index (Phi) is 7.74. The van der Waals surface area contributed by atoms with E-state index < -0.39 is 0 Å². The number of rotatable bonds is 3. The Bertz CT molecular complexity index is 182. The topological polar surface area (TPSA) is 41.6 Å². The van der Waals surface area contributed by atoms with E-state index in [1.54, 1.807) is 0 Å². The highest BCUT2D eigenvalue weighted by Gasteiger charge is 2.20. The van der Waals surface area contributed by atoms with Crippen molar-refractivity contribution < 1.29 is 9.53 Å². The molecular weight excluding hydrogens is 216 g/mol. The van der Waals surface area contributed by atoms with Gasteiger partial charge in [-0.1, -0.05) is 6.92 Å². The van der Waals surface area contributed by atoms with Crippen LogP contribution in [0.3, 0.4) is 0 Å². The van der Waals surface area contributed by atoms with Gasteiger partial charge in [-0.2, -0.15) is 0 Å². The van der Waals surface area contributed by atoms with E-state index in [-0.39, 0.29) is 24.2 Å². The molecule has 0 aromatic heterocycles. The van der Waals surface area contributed by atoms with E-state index >= 15 is 0 Å². The Morgan fingerprint density at radius 3 is 2.87 bits per heavy atom. The molecule has 0 saturated carbocycles. The predicted octanol–water partition coefficient (Wildman–Crippen LogP) is 0.513. The lowest BCUT2D eigenvalue weighted by atomic mass is 10.1. The van der Waals surface area contributed by atoms with Crippen LogP contribution in [0.1, 0.15) is 13.3 Å². The van der Waals surface area contributed by atoms with Gasteiger partial charge in [-0.15, -0.1) is 12.4 Å². The normalized spacial score (nSPS) is 18.9. The van der Waals surface area contributed by atoms with Crippen molar-refractivity contribution >= 4 is 18.3 Å². The summed E-state index contributed by atoms with van der Waals surface area (Å²) in [6.07, 6.45) is 0.956. The summed E-state index contributed by atoms with van der Waals surface area (Å²) in [6, 6.07) is 0. The van der Waals surface area contributed by atoms with Gasteiger partial charge in [0.05, 0.1) is 6.61 Å². The molecule has 1 fully saturated rings. The number of carbonyl (C=O) groups is 1. The zero-order chi connectivity index (χ0) is 10.4. The van der Waals surface area contributed by atoms with Gasteiger partial charge in [0, 0.05) is 32.2 Å². The van der Waals surface area contributed by atoms with Crippen molar-refractivity contribution in [2.24, 2.45) is 5.92 Å². The van der Waals surface area contributed by atoms with Crippen LogP contribution in [0.5, 0.6) is 0 Å². The number of halogens is 1. The molecule has 1 N–H and O–H groups in total. The van der Waals surface area contributed by atoms with Crippen LogP contribution in [-0.4, -0.2) is 50.7 Å². The molecule has 1 rings (SSSR count). The number of hydrogen-bond acceptors (Lipinski definition) is 3. The molecule has 4 nitrogen and oxygen atoms in total. The van der Waals surface area contributed by atoms with Gasteiger partial charge >= 0.3 is 0 Å². The van der Waals surface area contributed by atoms with E-state index in [1.165, 1.54) is 0 Å². The van der Waals surface area contributed by atoms with Gasteiger partial charge < -0.3 is 15.0 Å². The van der Waals surface area contributed by atoms with E-state index in [0.29, 0.717) is 6.61 Å². The average molecular weight is 237 g/mol. The highest BCUT2D eigenvalue weighted by molar-refractivity contribution is 5.85. The SMILES string of the molecule is CNCC(C)C(=O)N1CCCOCC1.Cl. The van der Waals surface area contributed by atoms with Crippen molar-refractivity contribution in [1.29, 1.82) is 0 Å². The second-order valence-electron chi connectivity index (χ2n) is 3.75. The van der Waals surface area contributed by atoms with Gasteiger partial charge in [0.25, 0.3) is 0 Å². The Morgan fingerprint density at radius 1 is 1.47 bits per heavy atom. The van der Waals surface area contributed by atoms with Crippen LogP contribution in [0.25, 0.3) is 0 Å². The molecule has 0 bridgehead atoms. The first-order valence-corrected chi connectivity index (χ1v) is 5.27. The van der Waals surface area contributed by atoms with Crippen molar-refractivity contribution in [2.45, 2.75) is 13.3 Å². The third-order valence-corrected chi connectivity index (χ3v) is 2.47. The quantitative estimate of drug-likeness (QED) is 0.777. The fraction of sp³-hybridized carbons (Fsp3) is 0.900. The Morgan fingerprint density at radius 2 is 2.20 bits per heavy atom. The first-order valence-electron chi connectivity index (χ1n) is 5.27. The molecular formula is C10H21ClN2O2. The van der Waals surface area contributed by atoms with E-state index in [1.807, 2.05) is 18.9 Å². The fourth-order valence-electron chi connectivity index (χ4n) is 1.67. The minimum Gasteiger partial charge on any atom is -0.380 e. The molecule has 0 aromatic carbocycles. The number of amides is 1. The van der Waals surface area contributed by atoms with E-state index in [9.17, 15) is 4.79 Å². The van der Waals surface area contributed by atoms with Gasteiger partial charge in [0.2, 0.25) is 5.91 Å². The molecule has 1 atom stereocenters. The van der Waals surface area contributed by atoms with E-state index in [0.717, 1.165) is 32.7 Å². The van der Waals surface area contributed by atoms with Gasteiger partial charge in [0.15, 0.2) is 0 Å². The smallest absolute Gasteiger partial charge is 0.226 e. The molecule has 1 heterocycles. The van der Waals surface area contributed by atoms with Gasteiger partial charge in [-0.3, -0.25) is 4.79 Å². The number of carbonyl (C=O) groups excluding carboxylic acids is 1. The molecule has 0 aliphatic carbocycles. The summed E-state index contributed by atoms with van der Waals surface area (Å²) >= 11 is 0. The lowest BCUT2D eigenvalue weighted by molar-refractivity contribution is -0.134. The summed E-state index contributed by atoms with van der Waals surface area (Å²) in [4.78, 5) is 13.8. The highest BCUT2D eigenvalue weighted by Crippen LogP contribution is 2.05. The second-order valence-corrected chi connectivity index (χ2v) is 3.75. The van der Waals surface area contributed by atoms with Crippen molar-refractivity contribution in [3.8, 4) is 0 Å². The van der Waals surface area contributed by atoms with Crippen LogP contribution in [0.2, 0.25) is 0 Å². The van der Waals surface area contributed by atoms with Gasteiger partial charge in [-0.05, 0) is 13.5 Å². The minimum atomic E-state index is 0. The van der Waals surface area contributed by atoms with Crippen LogP contribution in [0.4, 0.5) is 0 Å². The monoisotopic (exact) mass is 236 g/mol. The highest BCUT2D eigenvalue weighted by atomic mass is 35.5. The predicted molar refractivity (Wildman–Crippen MR) is 62.4 cm³/mol. The minimum absolute atomic E-state index is 0. The summed E-state index contributed by atoms with van der Waals surface area (Å²) in [7, 11) is 1.87. The third-order valence-electron chi connectivity index (χ3n) is 2.47. The summed E-state index contributed by atoms with van der Waals surface area (Å²) in [5.74, 6) is 0.308. The maximum absolute atomic E-state index is 11.9. The first kappa shape index (κ1) is 14.7. The summed E-state index contributed by atoms with van der Waals surface area (Å²) in [5, 5.41) is 3.02. The molecule has 0 aromatic rings. The van der Waals surface area contributed by atoms with Crippen LogP contribution >= 0.6 is 12.4 Å². The van der Waals surface area contributed by atoms with Crippen molar-refractivity contribution in [2.75, 3.05) is 39.9 Å². The number of hydrogen-bond donors (Lipinski definition) is 1. The molecule has 1 saturated heterocycles. The van der Waals surface area contributed by atoms with Crippen molar-refractivity contribution in [3.63, 3.8) is 0 Å². The van der Waals surface area contributed by atoms with Gasteiger partial charge in [0.1, 0.15) is 0 Å². The van der Waals surface area contributed by atoms with Crippen LogP contribution < -0.4 is 5.32 Å². The zero-order valence-corrected chi connectivity index (χ0v) is 10.3. The standard InChI is InChI=1S/C10H20N2O2.ClH/c1-9(8-11-2)10(13)12-4-3-6-14-7-5-12;/h9,11H,3-8H2,1-2H3;1H. The lowest BCUT2D eigenvalue weighted by Crippen LogP contribution is -2.39. The number of ether oxygens (including phenoxy) is 1. The fourth-order valence-corrected chi connectivity index (χ4v) is 1.67. The molecule has 1 amide bonds. The Labute approximate surface area is 97.8 Å². The molecule has 0 radical (unpaired) electrons. The molecule has 1 aliphatic rings. The second kappa shape index (κ2) is 7.91. The average Bonchev–Trinajstić information content (AvgIpc) is 2.45. The van der Waals surface area contributed by atoms with E-state index in [2.05, 4.69) is 5.32 Å². The van der Waals surface area contributed by atoms with Crippen molar-refractivity contribution in [3.05, 3.63) is 0 Å². The Hall–Kier alpha value is -0.320. The van der Waals surface area contributed by atoms with Gasteiger partial charge in [-0.25, -0.2) is 0 Å². The maximum atomic E-state index is 11.9. The summed E-state index contributed by atoms with van der Waals surface area (Å²) in [5.41, 5.74) is 0. The third kappa shape index (κ3) is 4.82. The summed E-state index contributed by atoms with van der Waals surface area (Å²) < 4.78 is 5.31. The number of nitrogens with zero attached hydrogens (tertiary/aromatic N) is 1. The molecule has 1 unspecified atom stereocenters. The van der Waals surface area contributed by atoms with Crippen molar-refractivity contribution in [1.82, 2.24) is 10.2 Å². The Balaban J connectivity index is 0.00000196. The first-order chi connectivity index (χ1) is 6.75. The molecule has 90 valence electrons.